The van der Waals surface area contributed by atoms with Crippen molar-refractivity contribution in [2.24, 2.45) is 5.41 Å². The van der Waals surface area contributed by atoms with Crippen molar-refractivity contribution in [2.75, 3.05) is 38.2 Å². The van der Waals surface area contributed by atoms with E-state index in [2.05, 4.69) is 27.3 Å². The Morgan fingerprint density at radius 2 is 1.75 bits per heavy atom. The van der Waals surface area contributed by atoms with E-state index in [1.54, 1.807) is 6.07 Å². The summed E-state index contributed by atoms with van der Waals surface area (Å²) in [6.45, 7) is 5.14. The molecule has 2 saturated heterocycles. The van der Waals surface area contributed by atoms with Crippen LogP contribution in [0.3, 0.4) is 0 Å². The van der Waals surface area contributed by atoms with Crippen LogP contribution in [0.4, 0.5) is 11.4 Å². The molecular weight excluding hydrogens is 465 g/mol. The van der Waals surface area contributed by atoms with Crippen LogP contribution in [0.5, 0.6) is 0 Å². The van der Waals surface area contributed by atoms with Gasteiger partial charge in [0, 0.05) is 63.3 Å². The highest BCUT2D eigenvalue weighted by atomic mass is 35.5. The lowest BCUT2D eigenvalue weighted by Crippen LogP contribution is -2.66. The van der Waals surface area contributed by atoms with Crippen molar-refractivity contribution in [2.45, 2.75) is 6.42 Å². The Bertz CT molecular complexity index is 1340. The van der Waals surface area contributed by atoms with Gasteiger partial charge in [-0.3, -0.25) is 0 Å². The number of rotatable bonds is 5. The van der Waals surface area contributed by atoms with Gasteiger partial charge in [0.05, 0.1) is 23.3 Å². The number of benzene rings is 3. The highest BCUT2D eigenvalue weighted by Crippen LogP contribution is 2.38. The van der Waals surface area contributed by atoms with Crippen molar-refractivity contribution < 1.29 is 4.74 Å². The van der Waals surface area contributed by atoms with E-state index in [1.807, 2.05) is 30.3 Å². The predicted molar refractivity (Wildman–Crippen MR) is 134 cm³/mol. The number of ether oxygens (including phenoxy) is 1. The molecule has 0 bridgehead atoms. The van der Waals surface area contributed by atoms with Gasteiger partial charge in [0.15, 0.2) is 0 Å². The molecular formula is C25H22Cl3N3O. The number of H-pyrrole nitrogens is 1. The van der Waals surface area contributed by atoms with Crippen LogP contribution in [0.25, 0.3) is 21.8 Å². The van der Waals surface area contributed by atoms with E-state index in [0.717, 1.165) is 72.0 Å². The molecule has 4 nitrogen and oxygen atoms in total. The quantitative estimate of drug-likeness (QED) is 0.322. The summed E-state index contributed by atoms with van der Waals surface area (Å²) in [5, 5.41) is 7.60. The Kier molecular flexibility index (Phi) is 5.05. The Labute approximate surface area is 201 Å². The third-order valence-corrected chi connectivity index (χ3v) is 7.57. The lowest BCUT2D eigenvalue weighted by Gasteiger charge is -2.55. The summed E-state index contributed by atoms with van der Waals surface area (Å²) in [4.78, 5) is 6.14. The molecule has 2 aliphatic heterocycles. The van der Waals surface area contributed by atoms with Gasteiger partial charge < -0.3 is 19.9 Å². The predicted octanol–water partition coefficient (Wildman–Crippen LogP) is 6.90. The second kappa shape index (κ2) is 7.82. The molecule has 164 valence electrons. The van der Waals surface area contributed by atoms with E-state index in [4.69, 9.17) is 39.5 Å². The van der Waals surface area contributed by atoms with Crippen LogP contribution < -0.4 is 5.32 Å². The Morgan fingerprint density at radius 1 is 0.906 bits per heavy atom. The van der Waals surface area contributed by atoms with Gasteiger partial charge in [0.2, 0.25) is 0 Å². The van der Waals surface area contributed by atoms with Gasteiger partial charge in [-0.1, -0.05) is 34.8 Å². The van der Waals surface area contributed by atoms with Gasteiger partial charge in [-0.2, -0.15) is 0 Å². The molecule has 2 fully saturated rings. The standard InChI is InChI=1S/C25H22Cl3N3O/c26-16-1-4-23-19(8-16)20-9-18(29-17-2-3-21(27)22(28)10-17)7-15(24(20)30-23)5-6-31-11-25(12-31)13-32-14-25/h1-4,7-10,29-30H,5-6,11-14H2. The van der Waals surface area contributed by atoms with Crippen molar-refractivity contribution in [3.8, 4) is 0 Å². The zero-order valence-electron chi connectivity index (χ0n) is 17.4. The molecule has 0 unspecified atom stereocenters. The summed E-state index contributed by atoms with van der Waals surface area (Å²) < 4.78 is 5.41. The highest BCUT2D eigenvalue weighted by molar-refractivity contribution is 6.42. The van der Waals surface area contributed by atoms with E-state index in [-0.39, 0.29) is 0 Å². The summed E-state index contributed by atoms with van der Waals surface area (Å²) >= 11 is 18.6. The first-order valence-corrected chi connectivity index (χ1v) is 11.9. The van der Waals surface area contributed by atoms with Crippen molar-refractivity contribution in [1.82, 2.24) is 9.88 Å². The van der Waals surface area contributed by atoms with E-state index in [0.29, 0.717) is 15.5 Å². The number of fused-ring (bicyclic) bond motifs is 3. The van der Waals surface area contributed by atoms with Crippen LogP contribution >= 0.6 is 34.8 Å². The van der Waals surface area contributed by atoms with E-state index >= 15 is 0 Å². The molecule has 0 amide bonds. The van der Waals surface area contributed by atoms with Crippen LogP contribution in [0.1, 0.15) is 5.56 Å². The summed E-state index contributed by atoms with van der Waals surface area (Å²) in [6.07, 6.45) is 0.963. The van der Waals surface area contributed by atoms with Crippen molar-refractivity contribution in [3.63, 3.8) is 0 Å². The number of nitrogens with zero attached hydrogens (tertiary/aromatic N) is 1. The number of halogens is 3. The molecule has 7 heteroatoms. The molecule has 3 heterocycles. The number of hydrogen-bond donors (Lipinski definition) is 2. The number of nitrogens with one attached hydrogen (secondary N) is 2. The lowest BCUT2D eigenvalue weighted by molar-refractivity contribution is -0.188. The molecule has 4 aromatic rings. The van der Waals surface area contributed by atoms with Gasteiger partial charge in [0.1, 0.15) is 0 Å². The fraction of sp³-hybridized carbons (Fsp3) is 0.280. The molecule has 3 aromatic carbocycles. The summed E-state index contributed by atoms with van der Waals surface area (Å²) in [5.74, 6) is 0. The average molecular weight is 487 g/mol. The molecule has 1 spiro atoms. The zero-order chi connectivity index (χ0) is 21.9. The number of likely N-dealkylation sites (tertiary alicyclic amines) is 1. The third kappa shape index (κ3) is 3.64. The first-order valence-electron chi connectivity index (χ1n) is 10.7. The zero-order valence-corrected chi connectivity index (χ0v) is 19.6. The SMILES string of the molecule is Clc1ccc2[nH]c3c(CCN4CC5(COC5)C4)cc(Nc4ccc(Cl)c(Cl)c4)cc3c2c1. The van der Waals surface area contributed by atoms with Gasteiger partial charge in [-0.25, -0.2) is 0 Å². The second-order valence-corrected chi connectivity index (χ2v) is 10.3. The van der Waals surface area contributed by atoms with Crippen LogP contribution in [-0.4, -0.2) is 42.7 Å². The molecule has 0 radical (unpaired) electrons. The van der Waals surface area contributed by atoms with Crippen molar-refractivity contribution in [1.29, 1.82) is 0 Å². The van der Waals surface area contributed by atoms with Gasteiger partial charge in [-0.05, 0) is 60.5 Å². The minimum absolute atomic E-state index is 0.435. The second-order valence-electron chi connectivity index (χ2n) is 9.08. The summed E-state index contributed by atoms with van der Waals surface area (Å²) in [5.41, 5.74) is 5.89. The van der Waals surface area contributed by atoms with E-state index in [1.165, 1.54) is 11.1 Å². The Balaban J connectivity index is 1.35. The summed E-state index contributed by atoms with van der Waals surface area (Å²) in [7, 11) is 0. The molecule has 2 aliphatic rings. The van der Waals surface area contributed by atoms with E-state index in [9.17, 15) is 0 Å². The van der Waals surface area contributed by atoms with Crippen LogP contribution in [0.2, 0.25) is 15.1 Å². The molecule has 2 N–H and O–H groups in total. The van der Waals surface area contributed by atoms with Crippen LogP contribution in [-0.2, 0) is 11.2 Å². The summed E-state index contributed by atoms with van der Waals surface area (Å²) in [6, 6.07) is 16.0. The van der Waals surface area contributed by atoms with Crippen molar-refractivity contribution in [3.05, 3.63) is 69.2 Å². The number of aromatic nitrogens is 1. The van der Waals surface area contributed by atoms with Crippen molar-refractivity contribution >= 4 is 68.0 Å². The number of hydrogen-bond acceptors (Lipinski definition) is 3. The normalized spacial score (nSPS) is 17.6. The highest BCUT2D eigenvalue weighted by Gasteiger charge is 2.48. The Hall–Kier alpha value is -1.95. The maximum atomic E-state index is 6.32. The topological polar surface area (TPSA) is 40.3 Å². The molecule has 1 aromatic heterocycles. The van der Waals surface area contributed by atoms with Gasteiger partial charge >= 0.3 is 0 Å². The fourth-order valence-corrected chi connectivity index (χ4v) is 5.44. The average Bonchev–Trinajstić information content (AvgIpc) is 3.06. The molecule has 0 atom stereocenters. The van der Waals surface area contributed by atoms with Crippen LogP contribution in [0, 0.1) is 5.41 Å². The monoisotopic (exact) mass is 485 g/mol. The fourth-order valence-electron chi connectivity index (χ4n) is 4.97. The molecule has 0 saturated carbocycles. The maximum Gasteiger partial charge on any atom is 0.0612 e. The number of anilines is 2. The molecule has 0 aliphatic carbocycles. The van der Waals surface area contributed by atoms with Gasteiger partial charge in [0.25, 0.3) is 0 Å². The molecule has 6 rings (SSSR count). The van der Waals surface area contributed by atoms with Gasteiger partial charge in [-0.15, -0.1) is 0 Å². The first kappa shape index (κ1) is 20.6. The minimum Gasteiger partial charge on any atom is -0.380 e. The molecule has 32 heavy (non-hydrogen) atoms. The maximum absolute atomic E-state index is 6.32. The third-order valence-electron chi connectivity index (χ3n) is 6.59. The minimum atomic E-state index is 0.435. The first-order chi connectivity index (χ1) is 15.5. The van der Waals surface area contributed by atoms with E-state index < -0.39 is 0 Å². The van der Waals surface area contributed by atoms with Crippen LogP contribution in [0.15, 0.2) is 48.5 Å². The Morgan fingerprint density at radius 3 is 2.50 bits per heavy atom. The number of aromatic amines is 1. The smallest absolute Gasteiger partial charge is 0.0612 e. The largest absolute Gasteiger partial charge is 0.380 e. The lowest BCUT2D eigenvalue weighted by atomic mass is 9.78.